The standard InChI is InChI=1S/C29H35ClN4O3S/c1-19-9-6-10-20(15-19)26-25-27(29(2,3)4)32-34(22-12-7-11-21(30)16-22)28(25)33(24(36)18-38-26)17-23(35)31-13-8-14-37-5/h6-7,9-12,15-16,26H,8,13-14,17-18H2,1-5H3,(H,31,35). The highest BCUT2D eigenvalue weighted by Gasteiger charge is 2.39. The zero-order chi connectivity index (χ0) is 27.4. The minimum absolute atomic E-state index is 0.101. The maximum absolute atomic E-state index is 13.7. The predicted octanol–water partition coefficient (Wildman–Crippen LogP) is 5.45. The number of ether oxygens (including phenoxy) is 1. The summed E-state index contributed by atoms with van der Waals surface area (Å²) in [5.41, 5.74) is 4.49. The highest BCUT2D eigenvalue weighted by atomic mass is 35.5. The van der Waals surface area contributed by atoms with Gasteiger partial charge in [-0.1, -0.05) is 68.3 Å². The average Bonchev–Trinajstić information content (AvgIpc) is 3.20. The molecule has 0 saturated carbocycles. The number of hydrogen-bond donors (Lipinski definition) is 1. The van der Waals surface area contributed by atoms with Gasteiger partial charge in [-0.15, -0.1) is 11.8 Å². The number of thioether (sulfide) groups is 1. The Balaban J connectivity index is 1.91. The molecule has 1 atom stereocenters. The van der Waals surface area contributed by atoms with Crippen LogP contribution in [0.1, 0.15) is 54.8 Å². The van der Waals surface area contributed by atoms with Crippen molar-refractivity contribution in [3.05, 3.63) is 75.9 Å². The van der Waals surface area contributed by atoms with E-state index < -0.39 is 0 Å². The molecule has 1 aromatic heterocycles. The number of aromatic nitrogens is 2. The predicted molar refractivity (Wildman–Crippen MR) is 155 cm³/mol. The monoisotopic (exact) mass is 554 g/mol. The fourth-order valence-corrected chi connectivity index (χ4v) is 5.97. The van der Waals surface area contributed by atoms with Crippen LogP contribution in [0.5, 0.6) is 0 Å². The number of anilines is 1. The average molecular weight is 555 g/mol. The second-order valence-corrected chi connectivity index (χ2v) is 12.0. The molecule has 0 bridgehead atoms. The van der Waals surface area contributed by atoms with Crippen molar-refractivity contribution >= 4 is 41.0 Å². The van der Waals surface area contributed by atoms with E-state index in [0.717, 1.165) is 28.1 Å². The van der Waals surface area contributed by atoms with Crippen LogP contribution in [0.2, 0.25) is 5.02 Å². The van der Waals surface area contributed by atoms with E-state index in [1.807, 2.05) is 24.3 Å². The molecule has 202 valence electrons. The van der Waals surface area contributed by atoms with Crippen molar-refractivity contribution in [3.8, 4) is 5.69 Å². The third kappa shape index (κ3) is 6.25. The maximum atomic E-state index is 13.7. The molecule has 2 heterocycles. The number of fused-ring (bicyclic) bond motifs is 1. The van der Waals surface area contributed by atoms with Crippen molar-refractivity contribution < 1.29 is 14.3 Å². The first kappa shape index (κ1) is 28.2. The lowest BCUT2D eigenvalue weighted by Crippen LogP contribution is -2.42. The van der Waals surface area contributed by atoms with Crippen molar-refractivity contribution in [2.75, 3.05) is 37.5 Å². The van der Waals surface area contributed by atoms with Crippen LogP contribution in [0.25, 0.3) is 5.69 Å². The maximum Gasteiger partial charge on any atom is 0.240 e. The van der Waals surface area contributed by atoms with Crippen LogP contribution in [-0.2, 0) is 19.7 Å². The Morgan fingerprint density at radius 2 is 1.97 bits per heavy atom. The van der Waals surface area contributed by atoms with Crippen molar-refractivity contribution in [2.45, 2.75) is 44.8 Å². The van der Waals surface area contributed by atoms with E-state index in [1.54, 1.807) is 34.5 Å². The summed E-state index contributed by atoms with van der Waals surface area (Å²) in [6, 6.07) is 15.8. The van der Waals surface area contributed by atoms with Gasteiger partial charge in [0.1, 0.15) is 12.4 Å². The highest BCUT2D eigenvalue weighted by Crippen LogP contribution is 2.48. The molecule has 2 aromatic carbocycles. The first-order valence-corrected chi connectivity index (χ1v) is 14.2. The number of nitrogens with zero attached hydrogens (tertiary/aromatic N) is 3. The second kappa shape index (κ2) is 11.9. The molecule has 0 radical (unpaired) electrons. The fourth-order valence-electron chi connectivity index (χ4n) is 4.60. The van der Waals surface area contributed by atoms with Crippen molar-refractivity contribution in [2.24, 2.45) is 0 Å². The van der Waals surface area contributed by atoms with Crippen LogP contribution in [0.4, 0.5) is 5.82 Å². The molecule has 0 aliphatic carbocycles. The third-order valence-electron chi connectivity index (χ3n) is 6.35. The number of nitrogens with one attached hydrogen (secondary N) is 1. The Hall–Kier alpha value is -2.81. The normalized spacial score (nSPS) is 15.8. The number of hydrogen-bond acceptors (Lipinski definition) is 5. The molecule has 0 saturated heterocycles. The molecule has 38 heavy (non-hydrogen) atoms. The molecule has 1 unspecified atom stereocenters. The summed E-state index contributed by atoms with van der Waals surface area (Å²) in [4.78, 5) is 28.3. The smallest absolute Gasteiger partial charge is 0.240 e. The van der Waals surface area contributed by atoms with Crippen LogP contribution < -0.4 is 10.2 Å². The molecular weight excluding hydrogens is 520 g/mol. The number of amides is 2. The van der Waals surface area contributed by atoms with Gasteiger partial charge in [0, 0.05) is 36.3 Å². The van der Waals surface area contributed by atoms with E-state index in [-0.39, 0.29) is 34.8 Å². The SMILES string of the molecule is COCCCNC(=O)CN1C(=O)CSC(c2cccc(C)c2)c2c(C(C)(C)C)nn(-c3cccc(Cl)c3)c21. The summed E-state index contributed by atoms with van der Waals surface area (Å²) in [7, 11) is 1.63. The quantitative estimate of drug-likeness (QED) is 0.374. The molecule has 7 nitrogen and oxygen atoms in total. The molecule has 4 rings (SSSR count). The number of carbonyl (C=O) groups is 2. The largest absolute Gasteiger partial charge is 0.385 e. The van der Waals surface area contributed by atoms with Gasteiger partial charge in [-0.3, -0.25) is 14.5 Å². The summed E-state index contributed by atoms with van der Waals surface area (Å²) in [5.74, 6) is 0.493. The van der Waals surface area contributed by atoms with Crippen molar-refractivity contribution in [1.29, 1.82) is 0 Å². The molecule has 1 aliphatic rings. The van der Waals surface area contributed by atoms with Gasteiger partial charge >= 0.3 is 0 Å². The number of halogens is 1. The topological polar surface area (TPSA) is 76.5 Å². The summed E-state index contributed by atoms with van der Waals surface area (Å²) < 4.78 is 6.87. The zero-order valence-electron chi connectivity index (χ0n) is 22.6. The molecule has 1 aliphatic heterocycles. The zero-order valence-corrected chi connectivity index (χ0v) is 24.2. The molecule has 0 spiro atoms. The summed E-state index contributed by atoms with van der Waals surface area (Å²) in [5, 5.41) is 8.45. The summed E-state index contributed by atoms with van der Waals surface area (Å²) in [6.45, 7) is 9.36. The first-order valence-electron chi connectivity index (χ1n) is 12.7. The Labute approximate surface area is 233 Å². The molecule has 0 fully saturated rings. The Bertz CT molecular complexity index is 1320. The first-order chi connectivity index (χ1) is 18.1. The number of methoxy groups -OCH3 is 1. The Kier molecular flexibility index (Phi) is 8.85. The molecule has 9 heteroatoms. The third-order valence-corrected chi connectivity index (χ3v) is 7.84. The van der Waals surface area contributed by atoms with Crippen LogP contribution in [0.3, 0.4) is 0 Å². The minimum Gasteiger partial charge on any atom is -0.385 e. The van der Waals surface area contributed by atoms with Gasteiger partial charge in [-0.25, -0.2) is 4.68 Å². The lowest BCUT2D eigenvalue weighted by molar-refractivity contribution is -0.122. The summed E-state index contributed by atoms with van der Waals surface area (Å²) in [6.07, 6.45) is 0.696. The van der Waals surface area contributed by atoms with E-state index in [4.69, 9.17) is 21.4 Å². The van der Waals surface area contributed by atoms with Crippen LogP contribution in [0.15, 0.2) is 48.5 Å². The van der Waals surface area contributed by atoms with Gasteiger partial charge < -0.3 is 10.1 Å². The number of benzene rings is 2. The lowest BCUT2D eigenvalue weighted by atomic mass is 9.87. The van der Waals surface area contributed by atoms with Crippen LogP contribution in [-0.4, -0.2) is 54.2 Å². The summed E-state index contributed by atoms with van der Waals surface area (Å²) >= 11 is 7.96. The van der Waals surface area contributed by atoms with Gasteiger partial charge in [-0.2, -0.15) is 5.10 Å². The molecular formula is C29H35ClN4O3S. The van der Waals surface area contributed by atoms with Gasteiger partial charge in [0.05, 0.1) is 22.4 Å². The fraction of sp³-hybridized carbons (Fsp3) is 0.414. The number of carbonyl (C=O) groups excluding carboxylic acids is 2. The van der Waals surface area contributed by atoms with Crippen molar-refractivity contribution in [1.82, 2.24) is 15.1 Å². The second-order valence-electron chi connectivity index (χ2n) is 10.5. The van der Waals surface area contributed by atoms with Gasteiger partial charge in [0.25, 0.3) is 0 Å². The Morgan fingerprint density at radius 1 is 1.21 bits per heavy atom. The molecule has 3 aromatic rings. The minimum atomic E-state index is -0.321. The van der Waals surface area contributed by atoms with E-state index in [2.05, 4.69) is 51.2 Å². The number of rotatable bonds is 8. The van der Waals surface area contributed by atoms with E-state index in [9.17, 15) is 9.59 Å². The van der Waals surface area contributed by atoms with E-state index in [0.29, 0.717) is 30.4 Å². The number of aryl methyl sites for hydroxylation is 1. The lowest BCUT2D eigenvalue weighted by Gasteiger charge is -2.24. The van der Waals surface area contributed by atoms with E-state index in [1.165, 1.54) is 0 Å². The molecule has 1 N–H and O–H groups in total. The van der Waals surface area contributed by atoms with Crippen molar-refractivity contribution in [3.63, 3.8) is 0 Å². The van der Waals surface area contributed by atoms with Crippen LogP contribution in [0, 0.1) is 6.92 Å². The van der Waals surface area contributed by atoms with Gasteiger partial charge in [0.15, 0.2) is 0 Å². The van der Waals surface area contributed by atoms with E-state index >= 15 is 0 Å². The van der Waals surface area contributed by atoms with Gasteiger partial charge in [-0.05, 0) is 37.1 Å². The molecule has 2 amide bonds. The Morgan fingerprint density at radius 3 is 2.66 bits per heavy atom. The van der Waals surface area contributed by atoms with Gasteiger partial charge in [0.2, 0.25) is 11.8 Å². The highest BCUT2D eigenvalue weighted by molar-refractivity contribution is 8.00. The van der Waals surface area contributed by atoms with Crippen LogP contribution >= 0.6 is 23.4 Å².